The molecule has 1 aromatic heterocycles. The van der Waals surface area contributed by atoms with Crippen LogP contribution in [-0.4, -0.2) is 10.9 Å². The zero-order chi connectivity index (χ0) is 16.8. The highest BCUT2D eigenvalue weighted by atomic mass is 32.1. The van der Waals surface area contributed by atoms with Crippen LogP contribution in [0.3, 0.4) is 0 Å². The number of rotatable bonds is 6. The predicted molar refractivity (Wildman–Crippen MR) is 95.2 cm³/mol. The SMILES string of the molecule is Cc1nc(COc2ccc(C(=O)NCc3ccccc3)cc2)cs1. The van der Waals surface area contributed by atoms with Gasteiger partial charge in [-0.2, -0.15) is 0 Å². The summed E-state index contributed by atoms with van der Waals surface area (Å²) >= 11 is 1.61. The summed E-state index contributed by atoms with van der Waals surface area (Å²) < 4.78 is 5.68. The van der Waals surface area contributed by atoms with Crippen LogP contribution in [-0.2, 0) is 13.2 Å². The van der Waals surface area contributed by atoms with Gasteiger partial charge in [-0.25, -0.2) is 4.98 Å². The number of carbonyl (C=O) groups excluding carboxylic acids is 1. The minimum atomic E-state index is -0.0967. The second kappa shape index (κ2) is 7.75. The van der Waals surface area contributed by atoms with Crippen LogP contribution in [0.2, 0.25) is 0 Å². The van der Waals surface area contributed by atoms with E-state index in [1.807, 2.05) is 42.6 Å². The fraction of sp³-hybridized carbons (Fsp3) is 0.158. The number of ether oxygens (including phenoxy) is 1. The summed E-state index contributed by atoms with van der Waals surface area (Å²) in [4.78, 5) is 16.5. The molecular formula is C19H18N2O2S. The Labute approximate surface area is 145 Å². The molecule has 0 aliphatic heterocycles. The highest BCUT2D eigenvalue weighted by Crippen LogP contribution is 2.15. The van der Waals surface area contributed by atoms with Gasteiger partial charge >= 0.3 is 0 Å². The number of thiazole rings is 1. The van der Waals surface area contributed by atoms with E-state index >= 15 is 0 Å². The van der Waals surface area contributed by atoms with Crippen LogP contribution in [0.5, 0.6) is 5.75 Å². The van der Waals surface area contributed by atoms with Crippen molar-refractivity contribution in [2.45, 2.75) is 20.1 Å². The van der Waals surface area contributed by atoms with Crippen LogP contribution in [0.4, 0.5) is 0 Å². The van der Waals surface area contributed by atoms with Crippen LogP contribution in [0.15, 0.2) is 60.0 Å². The molecule has 0 atom stereocenters. The molecule has 3 rings (SSSR count). The van der Waals surface area contributed by atoms with Gasteiger partial charge in [0, 0.05) is 17.5 Å². The predicted octanol–water partition coefficient (Wildman–Crippen LogP) is 3.96. The number of hydrogen-bond acceptors (Lipinski definition) is 4. The average molecular weight is 338 g/mol. The molecule has 1 N–H and O–H groups in total. The Morgan fingerprint density at radius 3 is 2.54 bits per heavy atom. The zero-order valence-corrected chi connectivity index (χ0v) is 14.2. The van der Waals surface area contributed by atoms with E-state index in [1.54, 1.807) is 35.6 Å². The molecule has 0 aliphatic rings. The fourth-order valence-electron chi connectivity index (χ4n) is 2.21. The van der Waals surface area contributed by atoms with E-state index < -0.39 is 0 Å². The van der Waals surface area contributed by atoms with E-state index in [-0.39, 0.29) is 5.91 Å². The van der Waals surface area contributed by atoms with Crippen molar-refractivity contribution in [1.82, 2.24) is 10.3 Å². The molecule has 0 spiro atoms. The first-order valence-corrected chi connectivity index (χ1v) is 8.55. The smallest absolute Gasteiger partial charge is 0.251 e. The third-order valence-electron chi connectivity index (χ3n) is 3.47. The van der Waals surface area contributed by atoms with Crippen LogP contribution in [0.25, 0.3) is 0 Å². The molecule has 4 nitrogen and oxygen atoms in total. The Morgan fingerprint density at radius 1 is 1.12 bits per heavy atom. The summed E-state index contributed by atoms with van der Waals surface area (Å²) in [5, 5.41) is 5.92. The van der Waals surface area contributed by atoms with Gasteiger partial charge in [0.2, 0.25) is 0 Å². The van der Waals surface area contributed by atoms with Gasteiger partial charge in [-0.05, 0) is 36.8 Å². The lowest BCUT2D eigenvalue weighted by Gasteiger charge is -2.07. The maximum atomic E-state index is 12.2. The van der Waals surface area contributed by atoms with Gasteiger partial charge in [-0.3, -0.25) is 4.79 Å². The molecule has 0 saturated carbocycles. The van der Waals surface area contributed by atoms with Crippen molar-refractivity contribution in [3.05, 3.63) is 81.8 Å². The van der Waals surface area contributed by atoms with E-state index in [1.165, 1.54) is 0 Å². The average Bonchev–Trinajstić information content (AvgIpc) is 3.04. The number of hydrogen-bond donors (Lipinski definition) is 1. The normalized spacial score (nSPS) is 10.4. The van der Waals surface area contributed by atoms with Crippen LogP contribution in [0.1, 0.15) is 26.6 Å². The number of nitrogens with zero attached hydrogens (tertiary/aromatic N) is 1. The first-order valence-electron chi connectivity index (χ1n) is 7.67. The molecule has 24 heavy (non-hydrogen) atoms. The van der Waals surface area contributed by atoms with Crippen LogP contribution >= 0.6 is 11.3 Å². The third kappa shape index (κ3) is 4.43. The molecule has 0 unspecified atom stereocenters. The van der Waals surface area contributed by atoms with Gasteiger partial charge < -0.3 is 10.1 Å². The van der Waals surface area contributed by atoms with Crippen LogP contribution in [0, 0.1) is 6.92 Å². The maximum Gasteiger partial charge on any atom is 0.251 e. The number of benzene rings is 2. The topological polar surface area (TPSA) is 51.2 Å². The number of nitrogens with one attached hydrogen (secondary N) is 1. The number of aromatic nitrogens is 1. The Hall–Kier alpha value is -2.66. The Morgan fingerprint density at radius 2 is 1.88 bits per heavy atom. The summed E-state index contributed by atoms with van der Waals surface area (Å²) in [7, 11) is 0. The second-order valence-electron chi connectivity index (χ2n) is 5.34. The molecular weight excluding hydrogens is 320 g/mol. The Bertz CT molecular complexity index is 798. The first kappa shape index (κ1) is 16.2. The van der Waals surface area contributed by atoms with Gasteiger partial charge in [0.25, 0.3) is 5.91 Å². The summed E-state index contributed by atoms with van der Waals surface area (Å²) in [5.74, 6) is 0.626. The van der Waals surface area contributed by atoms with E-state index in [4.69, 9.17) is 4.74 Å². The monoisotopic (exact) mass is 338 g/mol. The summed E-state index contributed by atoms with van der Waals surface area (Å²) in [6.07, 6.45) is 0. The lowest BCUT2D eigenvalue weighted by Crippen LogP contribution is -2.22. The van der Waals surface area contributed by atoms with Gasteiger partial charge in [-0.15, -0.1) is 11.3 Å². The Balaban J connectivity index is 1.52. The molecule has 0 aliphatic carbocycles. The van der Waals surface area contributed by atoms with Crippen molar-refractivity contribution in [1.29, 1.82) is 0 Å². The highest BCUT2D eigenvalue weighted by molar-refractivity contribution is 7.09. The number of amides is 1. The Kier molecular flexibility index (Phi) is 5.23. The van der Waals surface area contributed by atoms with E-state index in [2.05, 4.69) is 10.3 Å². The van der Waals surface area contributed by atoms with Crippen molar-refractivity contribution < 1.29 is 9.53 Å². The molecule has 3 aromatic rings. The highest BCUT2D eigenvalue weighted by Gasteiger charge is 2.06. The van der Waals surface area contributed by atoms with E-state index in [0.29, 0.717) is 18.7 Å². The van der Waals surface area contributed by atoms with Crippen molar-refractivity contribution in [3.63, 3.8) is 0 Å². The molecule has 0 fully saturated rings. The summed E-state index contributed by atoms with van der Waals surface area (Å²) in [6.45, 7) is 2.92. The van der Waals surface area contributed by atoms with Gasteiger partial charge in [0.15, 0.2) is 0 Å². The molecule has 0 saturated heterocycles. The molecule has 5 heteroatoms. The molecule has 122 valence electrons. The summed E-state index contributed by atoms with van der Waals surface area (Å²) in [6, 6.07) is 17.0. The standard InChI is InChI=1S/C19H18N2O2S/c1-14-21-17(13-24-14)12-23-18-9-7-16(8-10-18)19(22)20-11-15-5-3-2-4-6-15/h2-10,13H,11-12H2,1H3,(H,20,22). The minimum Gasteiger partial charge on any atom is -0.487 e. The van der Waals surface area contributed by atoms with Gasteiger partial charge in [0.1, 0.15) is 12.4 Å². The minimum absolute atomic E-state index is 0.0967. The van der Waals surface area contributed by atoms with Crippen LogP contribution < -0.4 is 10.1 Å². The molecule has 1 amide bonds. The summed E-state index contributed by atoms with van der Waals surface area (Å²) in [5.41, 5.74) is 2.61. The van der Waals surface area contributed by atoms with Crippen molar-refractivity contribution >= 4 is 17.2 Å². The third-order valence-corrected chi connectivity index (χ3v) is 4.29. The largest absolute Gasteiger partial charge is 0.487 e. The van der Waals surface area contributed by atoms with E-state index in [9.17, 15) is 4.79 Å². The fourth-order valence-corrected chi connectivity index (χ4v) is 2.81. The number of aryl methyl sites for hydroxylation is 1. The maximum absolute atomic E-state index is 12.2. The zero-order valence-electron chi connectivity index (χ0n) is 13.4. The van der Waals surface area contributed by atoms with Crippen molar-refractivity contribution in [3.8, 4) is 5.75 Å². The quantitative estimate of drug-likeness (QED) is 0.740. The lowest BCUT2D eigenvalue weighted by atomic mass is 10.2. The van der Waals surface area contributed by atoms with E-state index in [0.717, 1.165) is 22.0 Å². The van der Waals surface area contributed by atoms with Gasteiger partial charge in [0.05, 0.1) is 10.7 Å². The van der Waals surface area contributed by atoms with Crippen molar-refractivity contribution in [2.24, 2.45) is 0 Å². The van der Waals surface area contributed by atoms with Gasteiger partial charge in [-0.1, -0.05) is 30.3 Å². The molecule has 0 radical (unpaired) electrons. The van der Waals surface area contributed by atoms with Crippen molar-refractivity contribution in [2.75, 3.05) is 0 Å². The first-order chi connectivity index (χ1) is 11.7. The number of carbonyl (C=O) groups is 1. The molecule has 2 aromatic carbocycles. The molecule has 1 heterocycles. The second-order valence-corrected chi connectivity index (χ2v) is 6.40. The lowest BCUT2D eigenvalue weighted by molar-refractivity contribution is 0.0951. The molecule has 0 bridgehead atoms.